The number of carbonyl (C=O) groups excluding carboxylic acids is 1. The number of aliphatic hydroxyl groups excluding tert-OH is 1. The Labute approximate surface area is 108 Å². The Kier molecular flexibility index (Phi) is 8.32. The second-order valence-electron chi connectivity index (χ2n) is 4.43. The van der Waals surface area contributed by atoms with Crippen LogP contribution in [0.2, 0.25) is 0 Å². The molecule has 0 aromatic rings. The van der Waals surface area contributed by atoms with Crippen molar-refractivity contribution in [2.24, 2.45) is 11.7 Å². The van der Waals surface area contributed by atoms with Crippen molar-refractivity contribution >= 4 is 11.9 Å². The lowest BCUT2D eigenvalue weighted by molar-refractivity contribution is -0.137. The van der Waals surface area contributed by atoms with Gasteiger partial charge in [0.1, 0.15) is 0 Å². The van der Waals surface area contributed by atoms with Crippen molar-refractivity contribution in [3.05, 3.63) is 0 Å². The van der Waals surface area contributed by atoms with E-state index in [1.807, 2.05) is 13.8 Å². The molecule has 0 aromatic carbocycles. The summed E-state index contributed by atoms with van der Waals surface area (Å²) in [5.74, 6) is -1.24. The largest absolute Gasteiger partial charge is 0.481 e. The maximum absolute atomic E-state index is 11.5. The van der Waals surface area contributed by atoms with E-state index in [1.165, 1.54) is 0 Å². The van der Waals surface area contributed by atoms with E-state index in [-0.39, 0.29) is 25.3 Å². The van der Waals surface area contributed by atoms with Gasteiger partial charge in [0.25, 0.3) is 0 Å². The highest BCUT2D eigenvalue weighted by atomic mass is 16.4. The Bertz CT molecular complexity index is 267. The third kappa shape index (κ3) is 6.56. The van der Waals surface area contributed by atoms with Gasteiger partial charge in [-0.25, -0.2) is 0 Å². The smallest absolute Gasteiger partial charge is 0.303 e. The highest BCUT2D eigenvalue weighted by molar-refractivity contribution is 5.82. The van der Waals surface area contributed by atoms with Gasteiger partial charge in [-0.1, -0.05) is 26.7 Å². The molecule has 0 saturated heterocycles. The summed E-state index contributed by atoms with van der Waals surface area (Å²) in [5.41, 5.74) is 5.54. The normalized spacial score (nSPS) is 14.3. The van der Waals surface area contributed by atoms with Crippen LogP contribution in [0.25, 0.3) is 0 Å². The highest BCUT2D eigenvalue weighted by Gasteiger charge is 2.19. The van der Waals surface area contributed by atoms with Crippen LogP contribution < -0.4 is 11.1 Å². The van der Waals surface area contributed by atoms with E-state index in [2.05, 4.69) is 5.32 Å². The van der Waals surface area contributed by atoms with Crippen LogP contribution in [0.4, 0.5) is 0 Å². The van der Waals surface area contributed by atoms with Crippen LogP contribution in [0, 0.1) is 5.92 Å². The molecule has 0 fully saturated rings. The summed E-state index contributed by atoms with van der Waals surface area (Å²) in [6, 6.07) is -0.838. The van der Waals surface area contributed by atoms with E-state index in [9.17, 15) is 14.7 Å². The predicted molar refractivity (Wildman–Crippen MR) is 67.9 cm³/mol. The van der Waals surface area contributed by atoms with Gasteiger partial charge in [0, 0.05) is 13.0 Å². The van der Waals surface area contributed by atoms with E-state index >= 15 is 0 Å². The van der Waals surface area contributed by atoms with Gasteiger partial charge in [-0.15, -0.1) is 0 Å². The first-order chi connectivity index (χ1) is 8.42. The topological polar surface area (TPSA) is 113 Å². The van der Waals surface area contributed by atoms with Crippen LogP contribution in [0.15, 0.2) is 0 Å². The van der Waals surface area contributed by atoms with Gasteiger partial charge in [-0.05, 0) is 12.3 Å². The van der Waals surface area contributed by atoms with E-state index in [4.69, 9.17) is 10.8 Å². The number of hydrogen-bond donors (Lipinski definition) is 4. The second-order valence-corrected chi connectivity index (χ2v) is 4.43. The van der Waals surface area contributed by atoms with E-state index in [0.29, 0.717) is 0 Å². The van der Waals surface area contributed by atoms with Crippen LogP contribution in [0.3, 0.4) is 0 Å². The predicted octanol–water partition coefficient (Wildman–Crippen LogP) is 0.0918. The fourth-order valence-corrected chi connectivity index (χ4v) is 1.75. The van der Waals surface area contributed by atoms with Crippen molar-refractivity contribution in [2.75, 3.05) is 6.54 Å². The molecule has 0 aromatic heterocycles. The molecule has 6 nitrogen and oxygen atoms in total. The van der Waals surface area contributed by atoms with E-state index in [0.717, 1.165) is 12.8 Å². The number of rotatable bonds is 9. The lowest BCUT2D eigenvalue weighted by atomic mass is 9.96. The molecule has 0 aliphatic rings. The van der Waals surface area contributed by atoms with Gasteiger partial charge in [-0.2, -0.15) is 0 Å². The molecule has 6 heteroatoms. The lowest BCUT2D eigenvalue weighted by Crippen LogP contribution is -2.44. The van der Waals surface area contributed by atoms with Crippen molar-refractivity contribution in [1.82, 2.24) is 5.32 Å². The number of amides is 1. The molecule has 1 amide bonds. The van der Waals surface area contributed by atoms with Gasteiger partial charge in [-0.3, -0.25) is 9.59 Å². The van der Waals surface area contributed by atoms with Crippen molar-refractivity contribution in [3.8, 4) is 0 Å². The third-order valence-electron chi connectivity index (χ3n) is 3.08. The van der Waals surface area contributed by atoms with Crippen LogP contribution in [-0.2, 0) is 9.59 Å². The quantitative estimate of drug-likeness (QED) is 0.469. The summed E-state index contributed by atoms with van der Waals surface area (Å²) in [7, 11) is 0. The molecule has 106 valence electrons. The number of carbonyl (C=O) groups is 2. The second kappa shape index (κ2) is 8.88. The average molecular weight is 260 g/mol. The van der Waals surface area contributed by atoms with Crippen molar-refractivity contribution in [2.45, 2.75) is 51.7 Å². The average Bonchev–Trinajstić information content (AvgIpc) is 2.34. The number of nitrogens with one attached hydrogen (secondary N) is 1. The summed E-state index contributed by atoms with van der Waals surface area (Å²) in [6.07, 6.45) is 1.07. The molecule has 0 aliphatic carbocycles. The summed E-state index contributed by atoms with van der Waals surface area (Å²) < 4.78 is 0. The summed E-state index contributed by atoms with van der Waals surface area (Å²) in [4.78, 5) is 21.9. The fraction of sp³-hybridized carbons (Fsp3) is 0.833. The van der Waals surface area contributed by atoms with Gasteiger partial charge >= 0.3 is 5.97 Å². The van der Waals surface area contributed by atoms with Gasteiger partial charge in [0.2, 0.25) is 5.91 Å². The van der Waals surface area contributed by atoms with Crippen molar-refractivity contribution < 1.29 is 19.8 Å². The number of carboxylic acid groups (broad SMARTS) is 1. The number of aliphatic hydroxyl groups is 1. The molecular formula is C12H24N2O4. The first-order valence-electron chi connectivity index (χ1n) is 6.35. The van der Waals surface area contributed by atoms with E-state index in [1.54, 1.807) is 0 Å². The molecule has 0 aliphatic heterocycles. The number of aliphatic carboxylic acids is 1. The molecule has 0 rings (SSSR count). The Hall–Kier alpha value is -1.14. The third-order valence-corrected chi connectivity index (χ3v) is 3.08. The Balaban J connectivity index is 3.97. The number of hydrogen-bond acceptors (Lipinski definition) is 4. The first kappa shape index (κ1) is 16.9. The maximum atomic E-state index is 11.5. The van der Waals surface area contributed by atoms with E-state index < -0.39 is 24.0 Å². The molecule has 0 spiro atoms. The van der Waals surface area contributed by atoms with Crippen LogP contribution in [-0.4, -0.2) is 40.8 Å². The van der Waals surface area contributed by atoms with Crippen LogP contribution >= 0.6 is 0 Å². The number of carboxylic acids is 1. The van der Waals surface area contributed by atoms with Crippen molar-refractivity contribution in [3.63, 3.8) is 0 Å². The SMILES string of the molecule is CCC(CC)C(O)CNC(=O)C(N)CCC(=O)O. The first-order valence-corrected chi connectivity index (χ1v) is 6.35. The maximum Gasteiger partial charge on any atom is 0.303 e. The zero-order chi connectivity index (χ0) is 14.1. The zero-order valence-corrected chi connectivity index (χ0v) is 11.1. The molecule has 5 N–H and O–H groups in total. The van der Waals surface area contributed by atoms with Gasteiger partial charge in [0.05, 0.1) is 12.1 Å². The van der Waals surface area contributed by atoms with Crippen LogP contribution in [0.5, 0.6) is 0 Å². The molecule has 2 unspecified atom stereocenters. The highest BCUT2D eigenvalue weighted by Crippen LogP contribution is 2.12. The molecule has 18 heavy (non-hydrogen) atoms. The van der Waals surface area contributed by atoms with Crippen molar-refractivity contribution in [1.29, 1.82) is 0 Å². The zero-order valence-electron chi connectivity index (χ0n) is 11.1. The van der Waals surface area contributed by atoms with Crippen LogP contribution in [0.1, 0.15) is 39.5 Å². The molecule has 0 heterocycles. The monoisotopic (exact) mass is 260 g/mol. The van der Waals surface area contributed by atoms with Gasteiger partial charge < -0.3 is 21.3 Å². The molecule has 2 atom stereocenters. The Morgan fingerprint density at radius 3 is 2.28 bits per heavy atom. The Morgan fingerprint density at radius 2 is 1.83 bits per heavy atom. The molecular weight excluding hydrogens is 236 g/mol. The lowest BCUT2D eigenvalue weighted by Gasteiger charge is -2.21. The molecule has 0 saturated carbocycles. The Morgan fingerprint density at radius 1 is 1.28 bits per heavy atom. The fourth-order valence-electron chi connectivity index (χ4n) is 1.75. The molecule has 0 bridgehead atoms. The summed E-state index contributed by atoms with van der Waals surface area (Å²) in [6.45, 7) is 4.13. The standard InChI is InChI=1S/C12H24N2O4/c1-3-8(4-2)10(15)7-14-12(18)9(13)5-6-11(16)17/h8-10,15H,3-7,13H2,1-2H3,(H,14,18)(H,16,17). The van der Waals surface area contributed by atoms with Gasteiger partial charge in [0.15, 0.2) is 0 Å². The number of nitrogens with two attached hydrogens (primary N) is 1. The minimum absolute atomic E-state index is 0.0995. The molecule has 0 radical (unpaired) electrons. The summed E-state index contributed by atoms with van der Waals surface area (Å²) in [5, 5.41) is 20.8. The summed E-state index contributed by atoms with van der Waals surface area (Å²) >= 11 is 0. The minimum atomic E-state index is -0.977. The minimum Gasteiger partial charge on any atom is -0.481 e.